The lowest BCUT2D eigenvalue weighted by molar-refractivity contribution is -0.138. The van der Waals surface area contributed by atoms with Gasteiger partial charge in [0.2, 0.25) is 0 Å². The van der Waals surface area contributed by atoms with Crippen LogP contribution in [0.4, 0.5) is 0 Å². The van der Waals surface area contributed by atoms with Crippen molar-refractivity contribution in [1.82, 2.24) is 9.88 Å². The Morgan fingerprint density at radius 1 is 1.44 bits per heavy atom. The first-order valence-corrected chi connectivity index (χ1v) is 5.94. The van der Waals surface area contributed by atoms with Crippen LogP contribution in [0.25, 0.3) is 0 Å². The van der Waals surface area contributed by atoms with Gasteiger partial charge in [0.25, 0.3) is 5.91 Å². The molecule has 0 radical (unpaired) electrons. The van der Waals surface area contributed by atoms with Gasteiger partial charge in [-0.1, -0.05) is 23.2 Å². The van der Waals surface area contributed by atoms with Crippen molar-refractivity contribution in [3.63, 3.8) is 0 Å². The minimum Gasteiger partial charge on any atom is -0.481 e. The third-order valence-corrected chi connectivity index (χ3v) is 3.24. The van der Waals surface area contributed by atoms with Gasteiger partial charge in [-0.3, -0.25) is 9.59 Å². The molecule has 1 aromatic rings. The van der Waals surface area contributed by atoms with E-state index in [1.807, 2.05) is 0 Å². The summed E-state index contributed by atoms with van der Waals surface area (Å²) in [4.78, 5) is 22.6. The van der Waals surface area contributed by atoms with Gasteiger partial charge in [0.05, 0.1) is 11.4 Å². The van der Waals surface area contributed by atoms with Gasteiger partial charge in [-0.2, -0.15) is 0 Å². The van der Waals surface area contributed by atoms with Crippen molar-refractivity contribution in [2.45, 2.75) is 25.8 Å². The number of nitrogens with one attached hydrogen (secondary N) is 1. The molecule has 0 aliphatic carbocycles. The maximum Gasteiger partial charge on any atom is 0.305 e. The maximum atomic E-state index is 12.0. The number of hydrogen-bond donors (Lipinski definition) is 2. The average Bonchev–Trinajstić information content (AvgIpc) is 2.43. The van der Waals surface area contributed by atoms with Crippen LogP contribution in [0.5, 0.6) is 0 Å². The fourth-order valence-electron chi connectivity index (χ4n) is 1.55. The van der Waals surface area contributed by atoms with Gasteiger partial charge in [-0.05, 0) is 19.9 Å². The molecule has 7 heteroatoms. The number of carbonyl (C=O) groups is 2. The molecular weight excluding hydrogens is 279 g/mol. The minimum absolute atomic E-state index is 0.176. The third-order valence-electron chi connectivity index (χ3n) is 2.39. The number of carboxylic acids is 1. The standard InChI is InChI=1S/C11H14Cl2N2O3/c1-11(2,5-8(16)17)14-10(18)7-4-6(12)9(13)15(7)3/h4H,5H2,1-3H3,(H,14,18)(H,16,17). The fourth-order valence-corrected chi connectivity index (χ4v) is 1.93. The summed E-state index contributed by atoms with van der Waals surface area (Å²) in [5.41, 5.74) is -0.574. The van der Waals surface area contributed by atoms with Gasteiger partial charge in [-0.25, -0.2) is 0 Å². The van der Waals surface area contributed by atoms with E-state index in [0.717, 1.165) is 0 Å². The van der Waals surface area contributed by atoms with Crippen LogP contribution in [0.15, 0.2) is 6.07 Å². The molecule has 100 valence electrons. The molecule has 0 saturated carbocycles. The molecule has 18 heavy (non-hydrogen) atoms. The zero-order valence-electron chi connectivity index (χ0n) is 10.3. The van der Waals surface area contributed by atoms with Gasteiger partial charge in [0.1, 0.15) is 10.8 Å². The summed E-state index contributed by atoms with van der Waals surface area (Å²) in [5, 5.41) is 11.9. The first-order valence-electron chi connectivity index (χ1n) is 5.19. The average molecular weight is 293 g/mol. The lowest BCUT2D eigenvalue weighted by atomic mass is 10.0. The monoisotopic (exact) mass is 292 g/mol. The van der Waals surface area contributed by atoms with E-state index in [0.29, 0.717) is 0 Å². The summed E-state index contributed by atoms with van der Waals surface area (Å²) in [6.45, 7) is 3.26. The molecule has 0 spiro atoms. The van der Waals surface area contributed by atoms with E-state index >= 15 is 0 Å². The van der Waals surface area contributed by atoms with Crippen molar-refractivity contribution in [3.8, 4) is 0 Å². The second-order valence-electron chi connectivity index (χ2n) is 4.64. The second-order valence-corrected chi connectivity index (χ2v) is 5.40. The van der Waals surface area contributed by atoms with Gasteiger partial charge in [-0.15, -0.1) is 0 Å². The molecule has 1 amide bonds. The largest absolute Gasteiger partial charge is 0.481 e. The summed E-state index contributed by atoms with van der Waals surface area (Å²) in [6.07, 6.45) is -0.176. The van der Waals surface area contributed by atoms with E-state index in [2.05, 4.69) is 5.32 Å². The summed E-state index contributed by atoms with van der Waals surface area (Å²) in [5.74, 6) is -1.40. The molecular formula is C11H14Cl2N2O3. The van der Waals surface area contributed by atoms with Crippen LogP contribution >= 0.6 is 23.2 Å². The Kier molecular flexibility index (Phi) is 4.29. The lowest BCUT2D eigenvalue weighted by Crippen LogP contribution is -2.45. The molecule has 5 nitrogen and oxygen atoms in total. The summed E-state index contributed by atoms with van der Waals surface area (Å²) in [7, 11) is 1.60. The van der Waals surface area contributed by atoms with Gasteiger partial charge < -0.3 is 15.0 Å². The number of amides is 1. The highest BCUT2D eigenvalue weighted by Crippen LogP contribution is 2.25. The number of halogens is 2. The van der Waals surface area contributed by atoms with Crippen LogP contribution in [-0.2, 0) is 11.8 Å². The number of aliphatic carboxylic acids is 1. The van der Waals surface area contributed by atoms with Gasteiger partial charge >= 0.3 is 5.97 Å². The number of carbonyl (C=O) groups excluding carboxylic acids is 1. The molecule has 0 bridgehead atoms. The van der Waals surface area contributed by atoms with Crippen LogP contribution in [-0.4, -0.2) is 27.1 Å². The molecule has 1 rings (SSSR count). The molecule has 0 unspecified atom stereocenters. The normalized spacial score (nSPS) is 11.4. The summed E-state index contributed by atoms with van der Waals surface area (Å²) in [6, 6.07) is 1.44. The number of rotatable bonds is 4. The highest BCUT2D eigenvalue weighted by Gasteiger charge is 2.26. The van der Waals surface area contributed by atoms with E-state index in [4.69, 9.17) is 28.3 Å². The van der Waals surface area contributed by atoms with Crippen molar-refractivity contribution in [3.05, 3.63) is 21.9 Å². The first-order chi connectivity index (χ1) is 8.14. The predicted molar refractivity (Wildman–Crippen MR) is 69.2 cm³/mol. The summed E-state index contributed by atoms with van der Waals surface area (Å²) >= 11 is 11.7. The molecule has 0 atom stereocenters. The van der Waals surface area contributed by atoms with Crippen LogP contribution in [0.1, 0.15) is 30.8 Å². The Morgan fingerprint density at radius 2 is 2.00 bits per heavy atom. The zero-order chi connectivity index (χ0) is 14.1. The lowest BCUT2D eigenvalue weighted by Gasteiger charge is -2.24. The Bertz CT molecular complexity index is 495. The Hall–Kier alpha value is -1.20. The smallest absolute Gasteiger partial charge is 0.305 e. The molecule has 2 N–H and O–H groups in total. The minimum atomic E-state index is -0.983. The second kappa shape index (κ2) is 5.20. The predicted octanol–water partition coefficient (Wildman–Crippen LogP) is 2.31. The molecule has 1 aromatic heterocycles. The SMILES string of the molecule is Cn1c(C(=O)NC(C)(C)CC(=O)O)cc(Cl)c1Cl. The van der Waals surface area contributed by atoms with Crippen molar-refractivity contribution in [2.24, 2.45) is 7.05 Å². The van der Waals surface area contributed by atoms with Crippen molar-refractivity contribution in [2.75, 3.05) is 0 Å². The van der Waals surface area contributed by atoms with E-state index in [1.165, 1.54) is 10.6 Å². The van der Waals surface area contributed by atoms with Crippen LogP contribution in [0.2, 0.25) is 10.2 Å². The molecule has 0 saturated heterocycles. The molecule has 0 fully saturated rings. The molecule has 0 aliphatic heterocycles. The first kappa shape index (κ1) is 14.9. The molecule has 0 aromatic carbocycles. The van der Waals surface area contributed by atoms with E-state index in [1.54, 1.807) is 20.9 Å². The van der Waals surface area contributed by atoms with Crippen molar-refractivity contribution in [1.29, 1.82) is 0 Å². The van der Waals surface area contributed by atoms with Crippen LogP contribution in [0, 0.1) is 0 Å². The van der Waals surface area contributed by atoms with E-state index < -0.39 is 17.4 Å². The Labute approximate surface area is 115 Å². The van der Waals surface area contributed by atoms with Gasteiger partial charge in [0.15, 0.2) is 0 Å². The zero-order valence-corrected chi connectivity index (χ0v) is 11.8. The third kappa shape index (κ3) is 3.40. The molecule has 1 heterocycles. The number of carboxylic acid groups (broad SMARTS) is 1. The maximum absolute atomic E-state index is 12.0. The van der Waals surface area contributed by atoms with Crippen LogP contribution < -0.4 is 5.32 Å². The highest BCUT2D eigenvalue weighted by atomic mass is 35.5. The summed E-state index contributed by atoms with van der Waals surface area (Å²) < 4.78 is 1.44. The number of nitrogens with zero attached hydrogens (tertiary/aromatic N) is 1. The van der Waals surface area contributed by atoms with E-state index in [-0.39, 0.29) is 22.3 Å². The quantitative estimate of drug-likeness (QED) is 0.895. The molecule has 0 aliphatic rings. The topological polar surface area (TPSA) is 71.3 Å². The van der Waals surface area contributed by atoms with Crippen molar-refractivity contribution >= 4 is 35.1 Å². The Balaban J connectivity index is 2.89. The van der Waals surface area contributed by atoms with Crippen molar-refractivity contribution < 1.29 is 14.7 Å². The van der Waals surface area contributed by atoms with Crippen LogP contribution in [0.3, 0.4) is 0 Å². The highest BCUT2D eigenvalue weighted by molar-refractivity contribution is 6.41. The van der Waals surface area contributed by atoms with Gasteiger partial charge in [0, 0.05) is 12.6 Å². The Morgan fingerprint density at radius 3 is 2.39 bits per heavy atom. The number of hydrogen-bond acceptors (Lipinski definition) is 2. The van der Waals surface area contributed by atoms with E-state index in [9.17, 15) is 9.59 Å². The fraction of sp³-hybridized carbons (Fsp3) is 0.455. The number of aromatic nitrogens is 1.